The van der Waals surface area contributed by atoms with Crippen molar-refractivity contribution >= 4 is 17.8 Å². The van der Waals surface area contributed by atoms with Gasteiger partial charge in [0.05, 0.1) is 0 Å². The number of ketones is 1. The largest absolute Gasteiger partial charge is 0.461 e. The van der Waals surface area contributed by atoms with Gasteiger partial charge in [0.25, 0.3) is 0 Å². The van der Waals surface area contributed by atoms with Gasteiger partial charge in [-0.3, -0.25) is 14.6 Å². The maximum Gasteiger partial charge on any atom is 0.313 e. The molecule has 1 aromatic heterocycles. The van der Waals surface area contributed by atoms with Gasteiger partial charge in [0.15, 0.2) is 0 Å². The maximum absolute atomic E-state index is 11.0. The Bertz CT molecular complexity index is 385. The molecule has 0 aliphatic rings. The van der Waals surface area contributed by atoms with Crippen molar-refractivity contribution in [3.05, 3.63) is 36.2 Å². The molecule has 0 aliphatic heterocycles. The zero-order chi connectivity index (χ0) is 11.8. The van der Waals surface area contributed by atoms with Gasteiger partial charge in [0.2, 0.25) is 0 Å². The number of ether oxygens (including phenoxy) is 1. The summed E-state index contributed by atoms with van der Waals surface area (Å²) in [6.07, 6.45) is 6.72. The first-order valence-corrected chi connectivity index (χ1v) is 4.90. The molecular formula is C12H13NO3. The normalized spacial score (nSPS) is 10.3. The molecule has 0 bridgehead atoms. The molecule has 0 N–H and O–H groups in total. The Morgan fingerprint density at radius 2 is 2.31 bits per heavy atom. The van der Waals surface area contributed by atoms with E-state index in [1.54, 1.807) is 24.5 Å². The van der Waals surface area contributed by atoms with Crippen molar-refractivity contribution in [3.8, 4) is 0 Å². The van der Waals surface area contributed by atoms with E-state index in [-0.39, 0.29) is 18.8 Å². The molecule has 0 unspecified atom stereocenters. The molecule has 0 aliphatic carbocycles. The van der Waals surface area contributed by atoms with Crippen molar-refractivity contribution in [2.75, 3.05) is 6.61 Å². The molecule has 16 heavy (non-hydrogen) atoms. The van der Waals surface area contributed by atoms with E-state index in [4.69, 9.17) is 4.74 Å². The van der Waals surface area contributed by atoms with E-state index >= 15 is 0 Å². The summed E-state index contributed by atoms with van der Waals surface area (Å²) in [6, 6.07) is 3.71. The molecule has 0 amide bonds. The summed E-state index contributed by atoms with van der Waals surface area (Å²) in [5.41, 5.74) is 0.935. The van der Waals surface area contributed by atoms with Crippen molar-refractivity contribution in [2.45, 2.75) is 13.3 Å². The van der Waals surface area contributed by atoms with Gasteiger partial charge in [0.1, 0.15) is 18.8 Å². The smallest absolute Gasteiger partial charge is 0.313 e. The Balaban J connectivity index is 2.28. The third-order valence-electron chi connectivity index (χ3n) is 1.73. The number of pyridine rings is 1. The first-order chi connectivity index (χ1) is 7.68. The first kappa shape index (κ1) is 12.1. The molecule has 0 saturated carbocycles. The fraction of sp³-hybridized carbons (Fsp3) is 0.250. The Morgan fingerprint density at radius 3 is 2.94 bits per heavy atom. The summed E-state index contributed by atoms with van der Waals surface area (Å²) >= 11 is 0. The molecule has 4 heteroatoms. The number of Topliss-reactive ketones (excluding diaryl/α,β-unsaturated/α-hetero) is 1. The molecule has 4 nitrogen and oxygen atoms in total. The van der Waals surface area contributed by atoms with E-state index < -0.39 is 5.97 Å². The second kappa shape index (κ2) is 6.50. The van der Waals surface area contributed by atoms with E-state index in [0.717, 1.165) is 5.56 Å². The number of nitrogens with zero attached hydrogens (tertiary/aromatic N) is 1. The molecule has 0 fully saturated rings. The lowest BCUT2D eigenvalue weighted by Crippen LogP contribution is -2.08. The molecule has 1 heterocycles. The van der Waals surface area contributed by atoms with Gasteiger partial charge >= 0.3 is 5.97 Å². The molecule has 0 radical (unpaired) electrons. The average Bonchev–Trinajstić information content (AvgIpc) is 2.25. The highest BCUT2D eigenvalue weighted by Crippen LogP contribution is 1.98. The van der Waals surface area contributed by atoms with Crippen LogP contribution in [-0.4, -0.2) is 23.3 Å². The SMILES string of the molecule is CC(=O)CC(=O)OCC=Cc1cccnc1. The summed E-state index contributed by atoms with van der Waals surface area (Å²) < 4.78 is 4.81. The zero-order valence-electron chi connectivity index (χ0n) is 9.05. The second-order valence-electron chi connectivity index (χ2n) is 3.25. The number of esters is 1. The van der Waals surface area contributed by atoms with Crippen molar-refractivity contribution in [1.29, 1.82) is 0 Å². The monoisotopic (exact) mass is 219 g/mol. The van der Waals surface area contributed by atoms with Crippen LogP contribution in [0.15, 0.2) is 30.6 Å². The minimum Gasteiger partial charge on any atom is -0.461 e. The molecule has 0 spiro atoms. The van der Waals surface area contributed by atoms with E-state index in [0.29, 0.717) is 0 Å². The van der Waals surface area contributed by atoms with Gasteiger partial charge in [-0.15, -0.1) is 0 Å². The predicted molar refractivity (Wildman–Crippen MR) is 59.5 cm³/mol. The fourth-order valence-corrected chi connectivity index (χ4v) is 1.05. The van der Waals surface area contributed by atoms with E-state index in [1.165, 1.54) is 6.92 Å². The van der Waals surface area contributed by atoms with Crippen molar-refractivity contribution in [3.63, 3.8) is 0 Å². The van der Waals surface area contributed by atoms with Gasteiger partial charge in [-0.2, -0.15) is 0 Å². The van der Waals surface area contributed by atoms with Crippen molar-refractivity contribution < 1.29 is 14.3 Å². The van der Waals surface area contributed by atoms with Crippen molar-refractivity contribution in [1.82, 2.24) is 4.98 Å². The average molecular weight is 219 g/mol. The van der Waals surface area contributed by atoms with Crippen LogP contribution < -0.4 is 0 Å². The Labute approximate surface area is 94.0 Å². The molecular weight excluding hydrogens is 206 g/mol. The van der Waals surface area contributed by atoms with Gasteiger partial charge in [-0.25, -0.2) is 0 Å². The summed E-state index contributed by atoms with van der Waals surface area (Å²) in [5.74, 6) is -0.690. The van der Waals surface area contributed by atoms with Crippen LogP contribution in [0.1, 0.15) is 18.9 Å². The van der Waals surface area contributed by atoms with Gasteiger partial charge in [-0.05, 0) is 24.6 Å². The summed E-state index contributed by atoms with van der Waals surface area (Å²) in [4.78, 5) is 25.5. The van der Waals surface area contributed by atoms with Gasteiger partial charge < -0.3 is 4.74 Å². The lowest BCUT2D eigenvalue weighted by Gasteiger charge is -1.98. The highest BCUT2D eigenvalue weighted by molar-refractivity contribution is 5.94. The lowest BCUT2D eigenvalue weighted by atomic mass is 10.3. The minimum atomic E-state index is -0.497. The number of hydrogen-bond acceptors (Lipinski definition) is 4. The van der Waals surface area contributed by atoms with Crippen LogP contribution in [0.2, 0.25) is 0 Å². The molecule has 84 valence electrons. The molecule has 0 atom stereocenters. The third kappa shape index (κ3) is 5.05. The van der Waals surface area contributed by atoms with Crippen LogP contribution in [0.5, 0.6) is 0 Å². The fourth-order valence-electron chi connectivity index (χ4n) is 1.05. The van der Waals surface area contributed by atoms with Crippen LogP contribution in [0.25, 0.3) is 6.08 Å². The number of carbonyl (C=O) groups excluding carboxylic acids is 2. The van der Waals surface area contributed by atoms with E-state index in [1.807, 2.05) is 12.1 Å². The second-order valence-corrected chi connectivity index (χ2v) is 3.25. The van der Waals surface area contributed by atoms with Crippen LogP contribution in [-0.2, 0) is 14.3 Å². The van der Waals surface area contributed by atoms with Crippen LogP contribution in [0.4, 0.5) is 0 Å². The first-order valence-electron chi connectivity index (χ1n) is 4.90. The number of aromatic nitrogens is 1. The molecule has 1 aromatic rings. The highest BCUT2D eigenvalue weighted by Gasteiger charge is 2.04. The van der Waals surface area contributed by atoms with E-state index in [2.05, 4.69) is 4.98 Å². The highest BCUT2D eigenvalue weighted by atomic mass is 16.5. The summed E-state index contributed by atoms with van der Waals surface area (Å²) in [6.45, 7) is 1.52. The quantitative estimate of drug-likeness (QED) is 0.557. The van der Waals surface area contributed by atoms with Gasteiger partial charge in [0, 0.05) is 12.4 Å². The van der Waals surface area contributed by atoms with Crippen LogP contribution in [0.3, 0.4) is 0 Å². The third-order valence-corrected chi connectivity index (χ3v) is 1.73. The Hall–Kier alpha value is -1.97. The summed E-state index contributed by atoms with van der Waals surface area (Å²) in [5, 5.41) is 0. The standard InChI is InChI=1S/C12H13NO3/c1-10(14)8-12(15)16-7-3-5-11-4-2-6-13-9-11/h2-6,9H,7-8H2,1H3. The van der Waals surface area contributed by atoms with Crippen LogP contribution in [0, 0.1) is 0 Å². The van der Waals surface area contributed by atoms with Crippen LogP contribution >= 0.6 is 0 Å². The number of hydrogen-bond donors (Lipinski definition) is 0. The van der Waals surface area contributed by atoms with Crippen molar-refractivity contribution in [2.24, 2.45) is 0 Å². The zero-order valence-corrected chi connectivity index (χ0v) is 9.05. The Kier molecular flexibility index (Phi) is 4.92. The number of rotatable bonds is 5. The topological polar surface area (TPSA) is 56.3 Å². The summed E-state index contributed by atoms with van der Waals surface area (Å²) in [7, 11) is 0. The Morgan fingerprint density at radius 1 is 1.50 bits per heavy atom. The molecule has 0 aromatic carbocycles. The predicted octanol–water partition coefficient (Wildman–Crippen LogP) is 1.62. The molecule has 1 rings (SSSR count). The minimum absolute atomic E-state index is 0.166. The maximum atomic E-state index is 11.0. The number of carbonyl (C=O) groups is 2. The lowest BCUT2D eigenvalue weighted by molar-refractivity contribution is -0.144. The molecule has 0 saturated heterocycles. The van der Waals surface area contributed by atoms with E-state index in [9.17, 15) is 9.59 Å². The van der Waals surface area contributed by atoms with Gasteiger partial charge in [-0.1, -0.05) is 12.1 Å².